The van der Waals surface area contributed by atoms with Crippen LogP contribution in [-0.4, -0.2) is 81.6 Å². The first-order chi connectivity index (χ1) is 12.6. The maximum absolute atomic E-state index is 12.8. The Balaban J connectivity index is 1.48. The number of thioether (sulfide) groups is 1. The summed E-state index contributed by atoms with van der Waals surface area (Å²) in [5.74, 6) is 0.0765. The van der Waals surface area contributed by atoms with Gasteiger partial charge in [0.1, 0.15) is 13.1 Å². The molecule has 2 fully saturated rings. The highest BCUT2D eigenvalue weighted by atomic mass is 32.2. The van der Waals surface area contributed by atoms with E-state index in [1.807, 2.05) is 23.1 Å². The van der Waals surface area contributed by atoms with E-state index in [9.17, 15) is 9.59 Å². The summed E-state index contributed by atoms with van der Waals surface area (Å²) >= 11 is 1.60. The van der Waals surface area contributed by atoms with Crippen molar-refractivity contribution in [1.29, 1.82) is 0 Å². The molecule has 0 aromatic heterocycles. The van der Waals surface area contributed by atoms with E-state index >= 15 is 0 Å². The molecule has 3 N–H and O–H groups in total. The molecule has 1 unspecified atom stereocenters. The maximum Gasteiger partial charge on any atom is 0.294 e. The van der Waals surface area contributed by atoms with E-state index < -0.39 is 0 Å². The van der Waals surface area contributed by atoms with E-state index in [4.69, 9.17) is 4.74 Å². The number of ether oxygens (including phenoxy) is 1. The van der Waals surface area contributed by atoms with Crippen molar-refractivity contribution >= 4 is 29.3 Å². The van der Waals surface area contributed by atoms with Crippen LogP contribution in [0.5, 0.6) is 0 Å². The molecule has 2 amide bonds. The molecule has 4 rings (SSSR count). The Kier molecular flexibility index (Phi) is 5.17. The van der Waals surface area contributed by atoms with Gasteiger partial charge in [-0.2, -0.15) is 0 Å². The van der Waals surface area contributed by atoms with Gasteiger partial charge in [-0.3, -0.25) is 9.59 Å². The molecule has 1 atom stereocenters. The number of piperazine rings is 1. The molecule has 8 heteroatoms. The number of likely N-dealkylation sites (N-methyl/N-ethyl adjacent to an activating group) is 1. The first-order valence-corrected chi connectivity index (χ1v) is 10.1. The highest BCUT2D eigenvalue weighted by Gasteiger charge is 2.37. The van der Waals surface area contributed by atoms with E-state index in [2.05, 4.69) is 12.4 Å². The molecule has 0 saturated carbocycles. The van der Waals surface area contributed by atoms with E-state index in [0.29, 0.717) is 18.8 Å². The van der Waals surface area contributed by atoms with Crippen LogP contribution in [0.4, 0.5) is 5.69 Å². The fourth-order valence-electron chi connectivity index (χ4n) is 3.68. The number of rotatable bonds is 2. The van der Waals surface area contributed by atoms with Crippen molar-refractivity contribution < 1.29 is 24.1 Å². The largest absolute Gasteiger partial charge is 0.370 e. The molecular formula is C18H26N4O3S+2. The van der Waals surface area contributed by atoms with Crippen LogP contribution in [0.25, 0.3) is 0 Å². The van der Waals surface area contributed by atoms with Gasteiger partial charge in [-0.05, 0) is 18.2 Å². The third kappa shape index (κ3) is 3.59. The molecule has 3 aliphatic heterocycles. The molecule has 1 aromatic carbocycles. The number of nitrogens with zero attached hydrogens (tertiary/aromatic N) is 1. The molecule has 0 spiro atoms. The van der Waals surface area contributed by atoms with E-state index in [1.165, 1.54) is 9.80 Å². The number of morpholine rings is 1. The standard InChI is InChI=1S/C18H24N4O3S/c1-20-4-6-21(7-5-20)17(24)13-2-3-15-14(12-13)19-16(23)18(26-15)22-8-10-25-11-9-22/h2-3,12,18H,4-11H2,1H3,(H,19,23)/p+2. The second-order valence-corrected chi connectivity index (χ2v) is 8.36. The summed E-state index contributed by atoms with van der Waals surface area (Å²) in [6.07, 6.45) is 0. The SMILES string of the molecule is C[NH+]1CCN(C(=O)c2ccc3c(c2)NC(=O)C([NH+]2CCOCC2)S3)CC1. The molecule has 1 aromatic rings. The lowest BCUT2D eigenvalue weighted by molar-refractivity contribution is -0.909. The van der Waals surface area contributed by atoms with Gasteiger partial charge >= 0.3 is 0 Å². The van der Waals surface area contributed by atoms with E-state index in [-0.39, 0.29) is 17.2 Å². The number of fused-ring (bicyclic) bond motifs is 1. The number of amides is 2. The number of anilines is 1. The van der Waals surface area contributed by atoms with Crippen LogP contribution in [0, 0.1) is 0 Å². The quantitative estimate of drug-likeness (QED) is 0.554. The Morgan fingerprint density at radius 2 is 1.96 bits per heavy atom. The Bertz CT molecular complexity index is 700. The van der Waals surface area contributed by atoms with Gasteiger partial charge in [0, 0.05) is 10.5 Å². The zero-order valence-electron chi connectivity index (χ0n) is 15.0. The predicted octanol–water partition coefficient (Wildman–Crippen LogP) is -2.06. The number of carbonyl (C=O) groups is 2. The molecule has 26 heavy (non-hydrogen) atoms. The van der Waals surface area contributed by atoms with Gasteiger partial charge in [0.05, 0.1) is 52.1 Å². The summed E-state index contributed by atoms with van der Waals surface area (Å²) in [6.45, 7) is 6.63. The van der Waals surface area contributed by atoms with E-state index in [0.717, 1.165) is 49.9 Å². The lowest BCUT2D eigenvalue weighted by atomic mass is 10.1. The maximum atomic E-state index is 12.8. The first kappa shape index (κ1) is 17.8. The zero-order chi connectivity index (χ0) is 18.1. The number of hydrogen-bond acceptors (Lipinski definition) is 4. The fourth-order valence-corrected chi connectivity index (χ4v) is 4.89. The summed E-state index contributed by atoms with van der Waals surface area (Å²) in [5.41, 5.74) is 1.41. The number of benzene rings is 1. The van der Waals surface area contributed by atoms with Crippen molar-refractivity contribution in [2.45, 2.75) is 10.3 Å². The Morgan fingerprint density at radius 1 is 1.23 bits per heavy atom. The number of carbonyl (C=O) groups excluding carboxylic acids is 2. The van der Waals surface area contributed by atoms with E-state index in [1.54, 1.807) is 11.8 Å². The lowest BCUT2D eigenvalue weighted by Gasteiger charge is -2.33. The minimum absolute atomic E-state index is 0.0206. The molecule has 3 aliphatic rings. The highest BCUT2D eigenvalue weighted by Crippen LogP contribution is 2.34. The third-order valence-corrected chi connectivity index (χ3v) is 6.77. The van der Waals surface area contributed by atoms with Crippen molar-refractivity contribution in [1.82, 2.24) is 4.90 Å². The van der Waals surface area contributed by atoms with Crippen molar-refractivity contribution in [2.75, 3.05) is 64.8 Å². The molecule has 0 bridgehead atoms. The molecular weight excluding hydrogens is 352 g/mol. The second kappa shape index (κ2) is 7.56. The predicted molar refractivity (Wildman–Crippen MR) is 98.8 cm³/mol. The average Bonchev–Trinajstić information content (AvgIpc) is 2.68. The number of nitrogens with one attached hydrogen (secondary N) is 3. The number of quaternary nitrogens is 2. The van der Waals surface area contributed by atoms with Crippen LogP contribution in [0.15, 0.2) is 23.1 Å². The van der Waals surface area contributed by atoms with Crippen LogP contribution in [0.2, 0.25) is 0 Å². The number of hydrogen-bond donors (Lipinski definition) is 3. The first-order valence-electron chi connectivity index (χ1n) is 9.26. The average molecular weight is 378 g/mol. The van der Waals surface area contributed by atoms with Gasteiger partial charge in [-0.15, -0.1) is 0 Å². The van der Waals surface area contributed by atoms with Crippen LogP contribution in [0.3, 0.4) is 0 Å². The minimum atomic E-state index is -0.145. The van der Waals surface area contributed by atoms with Crippen LogP contribution in [-0.2, 0) is 9.53 Å². The molecule has 7 nitrogen and oxygen atoms in total. The summed E-state index contributed by atoms with van der Waals surface area (Å²) in [6, 6.07) is 5.70. The van der Waals surface area contributed by atoms with Crippen molar-refractivity contribution in [3.8, 4) is 0 Å². The lowest BCUT2D eigenvalue weighted by Crippen LogP contribution is -3.18. The van der Waals surface area contributed by atoms with Gasteiger partial charge in [0.25, 0.3) is 11.8 Å². The molecule has 2 saturated heterocycles. The highest BCUT2D eigenvalue weighted by molar-refractivity contribution is 8.00. The molecule has 3 heterocycles. The van der Waals surface area contributed by atoms with Gasteiger partial charge in [-0.25, -0.2) is 0 Å². The summed E-state index contributed by atoms with van der Waals surface area (Å²) in [7, 11) is 2.15. The van der Waals surface area contributed by atoms with Crippen LogP contribution >= 0.6 is 11.8 Å². The second-order valence-electron chi connectivity index (χ2n) is 7.22. The van der Waals surface area contributed by atoms with Gasteiger partial charge in [0.15, 0.2) is 0 Å². The zero-order valence-corrected chi connectivity index (χ0v) is 15.9. The topological polar surface area (TPSA) is 67.5 Å². The minimum Gasteiger partial charge on any atom is -0.370 e. The monoisotopic (exact) mass is 378 g/mol. The Morgan fingerprint density at radius 3 is 2.69 bits per heavy atom. The molecule has 0 aliphatic carbocycles. The van der Waals surface area contributed by atoms with Gasteiger partial charge in [0.2, 0.25) is 5.37 Å². The van der Waals surface area contributed by atoms with Crippen molar-refractivity contribution in [2.24, 2.45) is 0 Å². The molecule has 0 radical (unpaired) electrons. The Labute approximate surface area is 157 Å². The van der Waals surface area contributed by atoms with Gasteiger partial charge < -0.3 is 24.8 Å². The Hall–Kier alpha value is -1.61. The third-order valence-electron chi connectivity index (χ3n) is 5.38. The summed E-state index contributed by atoms with van der Waals surface area (Å²) in [4.78, 5) is 31.0. The summed E-state index contributed by atoms with van der Waals surface area (Å²) < 4.78 is 5.40. The van der Waals surface area contributed by atoms with Crippen LogP contribution < -0.4 is 15.1 Å². The summed E-state index contributed by atoms with van der Waals surface area (Å²) in [5, 5.41) is 2.87. The smallest absolute Gasteiger partial charge is 0.294 e. The molecule has 140 valence electrons. The van der Waals surface area contributed by atoms with Gasteiger partial charge in [-0.1, -0.05) is 11.8 Å². The van der Waals surface area contributed by atoms with Crippen LogP contribution in [0.1, 0.15) is 10.4 Å². The normalized spacial score (nSPS) is 24.9. The van der Waals surface area contributed by atoms with Crippen molar-refractivity contribution in [3.63, 3.8) is 0 Å². The fraction of sp³-hybridized carbons (Fsp3) is 0.556. The van der Waals surface area contributed by atoms with Crippen molar-refractivity contribution in [3.05, 3.63) is 23.8 Å².